The zero-order chi connectivity index (χ0) is 13.0. The van der Waals surface area contributed by atoms with Crippen LogP contribution in [0.4, 0.5) is 0 Å². The second-order valence-corrected chi connectivity index (χ2v) is 5.82. The molecule has 18 heavy (non-hydrogen) atoms. The number of carbonyl (C=O) groups excluding carboxylic acids is 1. The van der Waals surface area contributed by atoms with Crippen LogP contribution in [0.1, 0.15) is 26.2 Å². The van der Waals surface area contributed by atoms with Crippen LogP contribution < -0.4 is 5.32 Å². The van der Waals surface area contributed by atoms with E-state index in [0.29, 0.717) is 5.91 Å². The summed E-state index contributed by atoms with van der Waals surface area (Å²) in [4.78, 5) is 16.7. The molecule has 2 aliphatic rings. The Labute approximate surface area is 111 Å². The average molecular weight is 253 g/mol. The highest BCUT2D eigenvalue weighted by molar-refractivity contribution is 5.79. The fraction of sp³-hybridized carbons (Fsp3) is 0.929. The van der Waals surface area contributed by atoms with E-state index in [-0.39, 0.29) is 5.92 Å². The van der Waals surface area contributed by atoms with Gasteiger partial charge in [-0.05, 0) is 51.9 Å². The first-order valence-corrected chi connectivity index (χ1v) is 7.38. The van der Waals surface area contributed by atoms with Gasteiger partial charge in [0.15, 0.2) is 0 Å². The van der Waals surface area contributed by atoms with Crippen molar-refractivity contribution in [3.8, 4) is 0 Å². The zero-order valence-corrected chi connectivity index (χ0v) is 11.8. The van der Waals surface area contributed by atoms with Crippen LogP contribution in [0.25, 0.3) is 0 Å². The van der Waals surface area contributed by atoms with E-state index in [0.717, 1.165) is 51.6 Å². The molecule has 4 heteroatoms. The Hall–Kier alpha value is -0.610. The van der Waals surface area contributed by atoms with Crippen molar-refractivity contribution >= 4 is 5.91 Å². The van der Waals surface area contributed by atoms with Gasteiger partial charge in [-0.2, -0.15) is 0 Å². The summed E-state index contributed by atoms with van der Waals surface area (Å²) >= 11 is 0. The lowest BCUT2D eigenvalue weighted by atomic mass is 9.95. The first-order valence-electron chi connectivity index (χ1n) is 7.38. The van der Waals surface area contributed by atoms with E-state index >= 15 is 0 Å². The maximum Gasteiger partial charge on any atom is 0.227 e. The Morgan fingerprint density at radius 1 is 1.22 bits per heavy atom. The van der Waals surface area contributed by atoms with E-state index < -0.39 is 0 Å². The van der Waals surface area contributed by atoms with Gasteiger partial charge in [-0.25, -0.2) is 0 Å². The number of likely N-dealkylation sites (tertiary alicyclic amines) is 2. The third kappa shape index (κ3) is 3.45. The molecule has 1 amide bonds. The van der Waals surface area contributed by atoms with Gasteiger partial charge in [0.05, 0.1) is 5.92 Å². The minimum atomic E-state index is 0.264. The normalized spacial score (nSPS) is 26.8. The lowest BCUT2D eigenvalue weighted by Crippen LogP contribution is -2.43. The number of amides is 1. The smallest absolute Gasteiger partial charge is 0.227 e. The Morgan fingerprint density at radius 2 is 1.94 bits per heavy atom. The SMILES string of the molecule is CCNCC1CCN(C(=O)C2CCN(C)C2)CC1. The fourth-order valence-electron chi connectivity index (χ4n) is 3.10. The molecule has 2 rings (SSSR count). The Kier molecular flexibility index (Phi) is 5.01. The molecule has 2 saturated heterocycles. The van der Waals surface area contributed by atoms with Crippen LogP contribution in [0, 0.1) is 11.8 Å². The summed E-state index contributed by atoms with van der Waals surface area (Å²) < 4.78 is 0. The molecule has 0 spiro atoms. The van der Waals surface area contributed by atoms with E-state index in [1.54, 1.807) is 0 Å². The van der Waals surface area contributed by atoms with E-state index in [1.165, 1.54) is 12.8 Å². The summed E-state index contributed by atoms with van der Waals surface area (Å²) in [6.45, 7) is 8.28. The third-order valence-corrected chi connectivity index (χ3v) is 4.35. The highest BCUT2D eigenvalue weighted by Gasteiger charge is 2.31. The molecule has 2 aliphatic heterocycles. The van der Waals surface area contributed by atoms with Crippen LogP contribution in [0.5, 0.6) is 0 Å². The van der Waals surface area contributed by atoms with Gasteiger partial charge in [0, 0.05) is 19.6 Å². The van der Waals surface area contributed by atoms with Gasteiger partial charge in [0.25, 0.3) is 0 Å². The molecule has 0 radical (unpaired) electrons. The number of piperidine rings is 1. The standard InChI is InChI=1S/C14H27N3O/c1-3-15-10-12-4-8-17(9-5-12)14(18)13-6-7-16(2)11-13/h12-13,15H,3-11H2,1-2H3. The van der Waals surface area contributed by atoms with Crippen molar-refractivity contribution in [2.45, 2.75) is 26.2 Å². The lowest BCUT2D eigenvalue weighted by Gasteiger charge is -2.33. The van der Waals surface area contributed by atoms with Gasteiger partial charge >= 0.3 is 0 Å². The van der Waals surface area contributed by atoms with Crippen LogP contribution in [-0.4, -0.2) is 62.0 Å². The van der Waals surface area contributed by atoms with Crippen molar-refractivity contribution in [3.63, 3.8) is 0 Å². The molecule has 0 aromatic rings. The predicted molar refractivity (Wildman–Crippen MR) is 73.5 cm³/mol. The molecule has 0 aromatic heterocycles. The van der Waals surface area contributed by atoms with Crippen molar-refractivity contribution in [2.24, 2.45) is 11.8 Å². The van der Waals surface area contributed by atoms with Crippen molar-refractivity contribution in [3.05, 3.63) is 0 Å². The van der Waals surface area contributed by atoms with Crippen molar-refractivity contribution in [1.82, 2.24) is 15.1 Å². The zero-order valence-electron chi connectivity index (χ0n) is 11.8. The molecule has 104 valence electrons. The fourth-order valence-corrected chi connectivity index (χ4v) is 3.10. The van der Waals surface area contributed by atoms with Gasteiger partial charge in [-0.3, -0.25) is 4.79 Å². The molecular formula is C14H27N3O. The summed E-state index contributed by atoms with van der Waals surface area (Å²) in [6, 6.07) is 0. The predicted octanol–water partition coefficient (Wildman–Crippen LogP) is 0.786. The molecule has 0 aromatic carbocycles. The molecule has 1 atom stereocenters. The van der Waals surface area contributed by atoms with Crippen LogP contribution in [0.3, 0.4) is 0 Å². The average Bonchev–Trinajstić information content (AvgIpc) is 2.83. The number of hydrogen-bond donors (Lipinski definition) is 1. The van der Waals surface area contributed by atoms with Gasteiger partial charge in [-0.1, -0.05) is 6.92 Å². The van der Waals surface area contributed by atoms with Crippen LogP contribution in [-0.2, 0) is 4.79 Å². The Balaban J connectivity index is 1.73. The third-order valence-electron chi connectivity index (χ3n) is 4.35. The molecule has 1 unspecified atom stereocenters. The molecule has 2 heterocycles. The minimum Gasteiger partial charge on any atom is -0.342 e. The topological polar surface area (TPSA) is 35.6 Å². The molecule has 0 bridgehead atoms. The number of nitrogens with zero attached hydrogens (tertiary/aromatic N) is 2. The molecule has 2 fully saturated rings. The number of rotatable bonds is 4. The second-order valence-electron chi connectivity index (χ2n) is 5.82. The Morgan fingerprint density at radius 3 is 2.50 bits per heavy atom. The van der Waals surface area contributed by atoms with Crippen molar-refractivity contribution < 1.29 is 4.79 Å². The number of hydrogen-bond acceptors (Lipinski definition) is 3. The molecular weight excluding hydrogens is 226 g/mol. The minimum absolute atomic E-state index is 0.264. The maximum atomic E-state index is 12.4. The first-order chi connectivity index (χ1) is 8.70. The molecule has 0 saturated carbocycles. The van der Waals surface area contributed by atoms with E-state index in [2.05, 4.69) is 29.1 Å². The van der Waals surface area contributed by atoms with Crippen LogP contribution >= 0.6 is 0 Å². The first kappa shape index (κ1) is 13.8. The van der Waals surface area contributed by atoms with Crippen LogP contribution in [0.15, 0.2) is 0 Å². The molecule has 1 N–H and O–H groups in total. The van der Waals surface area contributed by atoms with E-state index in [1.807, 2.05) is 0 Å². The van der Waals surface area contributed by atoms with E-state index in [4.69, 9.17) is 0 Å². The summed E-state index contributed by atoms with van der Waals surface area (Å²) in [6.07, 6.45) is 3.38. The molecule has 0 aliphatic carbocycles. The summed E-state index contributed by atoms with van der Waals surface area (Å²) in [5.41, 5.74) is 0. The number of carbonyl (C=O) groups is 1. The Bertz CT molecular complexity index is 274. The molecule has 4 nitrogen and oxygen atoms in total. The quantitative estimate of drug-likeness (QED) is 0.804. The summed E-state index contributed by atoms with van der Waals surface area (Å²) in [5.74, 6) is 1.43. The van der Waals surface area contributed by atoms with E-state index in [9.17, 15) is 4.79 Å². The summed E-state index contributed by atoms with van der Waals surface area (Å²) in [5, 5.41) is 3.41. The highest BCUT2D eigenvalue weighted by Crippen LogP contribution is 2.22. The van der Waals surface area contributed by atoms with Crippen molar-refractivity contribution in [1.29, 1.82) is 0 Å². The monoisotopic (exact) mass is 253 g/mol. The lowest BCUT2D eigenvalue weighted by molar-refractivity contribution is -0.136. The van der Waals surface area contributed by atoms with Gasteiger partial charge in [0.1, 0.15) is 0 Å². The maximum absolute atomic E-state index is 12.4. The summed E-state index contributed by atoms with van der Waals surface area (Å²) in [7, 11) is 2.11. The van der Waals surface area contributed by atoms with Crippen LogP contribution in [0.2, 0.25) is 0 Å². The second kappa shape index (κ2) is 6.53. The van der Waals surface area contributed by atoms with Gasteiger partial charge in [-0.15, -0.1) is 0 Å². The largest absolute Gasteiger partial charge is 0.342 e. The number of nitrogens with one attached hydrogen (secondary N) is 1. The highest BCUT2D eigenvalue weighted by atomic mass is 16.2. The van der Waals surface area contributed by atoms with Gasteiger partial charge in [0.2, 0.25) is 5.91 Å². The van der Waals surface area contributed by atoms with Crippen molar-refractivity contribution in [2.75, 3.05) is 46.3 Å². The van der Waals surface area contributed by atoms with Gasteiger partial charge < -0.3 is 15.1 Å².